The number of aliphatic hydroxyl groups is 2. The van der Waals surface area contributed by atoms with Crippen LogP contribution in [0.4, 0.5) is 0 Å². The Morgan fingerprint density at radius 1 is 1.48 bits per heavy atom. The Bertz CT molecular complexity index is 407. The van der Waals surface area contributed by atoms with Crippen molar-refractivity contribution in [2.45, 2.75) is 45.3 Å². The van der Waals surface area contributed by atoms with E-state index in [4.69, 9.17) is 4.74 Å². The largest absolute Gasteiger partial charge is 0.392 e. The average molecular weight is 295 g/mol. The maximum absolute atomic E-state index is 10.0. The van der Waals surface area contributed by atoms with Gasteiger partial charge in [0, 0.05) is 19.6 Å². The molecule has 4 nitrogen and oxygen atoms in total. The first-order valence-corrected chi connectivity index (χ1v) is 8.32. The molecule has 3 aliphatic carbocycles. The summed E-state index contributed by atoms with van der Waals surface area (Å²) in [7, 11) is 0. The molecule has 1 heterocycles. The van der Waals surface area contributed by atoms with Crippen molar-refractivity contribution in [3.8, 4) is 0 Å². The van der Waals surface area contributed by atoms with E-state index in [2.05, 4.69) is 24.8 Å². The summed E-state index contributed by atoms with van der Waals surface area (Å²) in [5, 5.41) is 19.5. The third-order valence-electron chi connectivity index (χ3n) is 5.88. The topological polar surface area (TPSA) is 52.9 Å². The van der Waals surface area contributed by atoms with Crippen LogP contribution in [0.25, 0.3) is 0 Å². The van der Waals surface area contributed by atoms with E-state index in [1.165, 1.54) is 18.4 Å². The minimum absolute atomic E-state index is 0.223. The van der Waals surface area contributed by atoms with Crippen LogP contribution in [0.15, 0.2) is 11.6 Å². The highest BCUT2D eigenvalue weighted by molar-refractivity contribution is 5.23. The quantitative estimate of drug-likeness (QED) is 0.728. The lowest BCUT2D eigenvalue weighted by Crippen LogP contribution is -2.48. The van der Waals surface area contributed by atoms with Crippen LogP contribution in [0.5, 0.6) is 0 Å². The lowest BCUT2D eigenvalue weighted by Gasteiger charge is -2.56. The molecule has 1 aliphatic heterocycles. The Hall–Kier alpha value is -0.420. The van der Waals surface area contributed by atoms with Crippen LogP contribution in [-0.2, 0) is 4.74 Å². The molecular formula is C17H29NO3. The summed E-state index contributed by atoms with van der Waals surface area (Å²) >= 11 is 0. The molecule has 2 bridgehead atoms. The van der Waals surface area contributed by atoms with Crippen molar-refractivity contribution < 1.29 is 14.9 Å². The predicted molar refractivity (Wildman–Crippen MR) is 82.0 cm³/mol. The Balaban J connectivity index is 1.37. The summed E-state index contributed by atoms with van der Waals surface area (Å²) in [5.41, 5.74) is 1.88. The van der Waals surface area contributed by atoms with Crippen molar-refractivity contribution in [2.24, 2.45) is 17.3 Å². The van der Waals surface area contributed by atoms with Crippen molar-refractivity contribution in [2.75, 3.05) is 32.8 Å². The fourth-order valence-electron chi connectivity index (χ4n) is 4.28. The minimum Gasteiger partial charge on any atom is -0.392 e. The van der Waals surface area contributed by atoms with E-state index in [1.807, 2.05) is 0 Å². The summed E-state index contributed by atoms with van der Waals surface area (Å²) in [6.45, 7) is 7.95. The van der Waals surface area contributed by atoms with Crippen LogP contribution >= 0.6 is 0 Å². The second-order valence-corrected chi connectivity index (χ2v) is 7.69. The molecule has 0 spiro atoms. The first kappa shape index (κ1) is 15.5. The Morgan fingerprint density at radius 2 is 2.29 bits per heavy atom. The molecule has 4 heteroatoms. The van der Waals surface area contributed by atoms with Gasteiger partial charge in [0.25, 0.3) is 0 Å². The third kappa shape index (κ3) is 3.19. The highest BCUT2D eigenvalue weighted by atomic mass is 16.5. The molecule has 4 rings (SSSR count). The average Bonchev–Trinajstić information content (AvgIpc) is 2.84. The monoisotopic (exact) mass is 295 g/mol. The normalized spacial score (nSPS) is 36.2. The zero-order valence-corrected chi connectivity index (χ0v) is 13.3. The second-order valence-electron chi connectivity index (χ2n) is 7.69. The van der Waals surface area contributed by atoms with Gasteiger partial charge in [0.1, 0.15) is 0 Å². The fourth-order valence-corrected chi connectivity index (χ4v) is 4.28. The molecule has 21 heavy (non-hydrogen) atoms. The third-order valence-corrected chi connectivity index (χ3v) is 5.88. The molecule has 0 amide bonds. The van der Waals surface area contributed by atoms with Gasteiger partial charge in [0.2, 0.25) is 0 Å². The summed E-state index contributed by atoms with van der Waals surface area (Å²) in [5.74, 6) is 1.54. The number of likely N-dealkylation sites (tertiary alicyclic amines) is 1. The van der Waals surface area contributed by atoms with E-state index >= 15 is 0 Å². The lowest BCUT2D eigenvalue weighted by atomic mass is 9.49. The number of hydrogen-bond donors (Lipinski definition) is 2. The van der Waals surface area contributed by atoms with Crippen LogP contribution in [0.2, 0.25) is 0 Å². The van der Waals surface area contributed by atoms with Gasteiger partial charge in [0.15, 0.2) is 0 Å². The fraction of sp³-hybridized carbons (Fsp3) is 0.882. The zero-order chi connectivity index (χ0) is 15.0. The number of allylic oxidation sites excluding steroid dienone is 1. The second kappa shape index (κ2) is 5.99. The smallest absolute Gasteiger partial charge is 0.0900 e. The summed E-state index contributed by atoms with van der Waals surface area (Å²) in [6.07, 6.45) is 5.00. The van der Waals surface area contributed by atoms with E-state index in [9.17, 15) is 10.2 Å². The number of rotatable bonds is 6. The van der Waals surface area contributed by atoms with Gasteiger partial charge in [-0.3, -0.25) is 4.90 Å². The highest BCUT2D eigenvalue weighted by Gasteiger charge is 2.50. The van der Waals surface area contributed by atoms with E-state index in [1.54, 1.807) is 0 Å². The van der Waals surface area contributed by atoms with Gasteiger partial charge < -0.3 is 14.9 Å². The molecule has 0 radical (unpaired) electrons. The molecule has 2 N–H and O–H groups in total. The standard InChI is InChI=1S/C17H29NO3/c1-17(2)13-4-3-12(16(17)7-13)10-21-11-15(20)9-18-6-5-14(19)8-18/h3,13-16,19-20H,4-11H2,1-2H3/t13?,14-,15?,16?/m0/s1. The molecule has 4 aliphatic rings. The number of fused-ring (bicyclic) bond motifs is 1. The van der Waals surface area contributed by atoms with Gasteiger partial charge in [-0.25, -0.2) is 0 Å². The molecule has 1 saturated heterocycles. The van der Waals surface area contributed by atoms with Crippen molar-refractivity contribution in [1.82, 2.24) is 4.90 Å². The zero-order valence-electron chi connectivity index (χ0n) is 13.3. The van der Waals surface area contributed by atoms with E-state index in [0.29, 0.717) is 37.6 Å². The van der Waals surface area contributed by atoms with Gasteiger partial charge in [-0.05, 0) is 42.1 Å². The summed E-state index contributed by atoms with van der Waals surface area (Å²) in [6, 6.07) is 0. The van der Waals surface area contributed by atoms with Gasteiger partial charge in [0.05, 0.1) is 25.4 Å². The first-order valence-electron chi connectivity index (χ1n) is 8.32. The minimum atomic E-state index is -0.457. The number of hydrogen-bond acceptors (Lipinski definition) is 4. The van der Waals surface area contributed by atoms with Crippen LogP contribution in [0.3, 0.4) is 0 Å². The number of β-amino-alcohol motifs (C(OH)–C–C–N with tert-alkyl or cyclic N) is 2. The number of nitrogens with zero attached hydrogens (tertiary/aromatic N) is 1. The van der Waals surface area contributed by atoms with Crippen LogP contribution < -0.4 is 0 Å². The Kier molecular flexibility index (Phi) is 4.42. The van der Waals surface area contributed by atoms with Gasteiger partial charge in [-0.15, -0.1) is 0 Å². The lowest BCUT2D eigenvalue weighted by molar-refractivity contribution is -0.0258. The SMILES string of the molecule is CC1(C)C2CC=C(COCC(O)CN3CC[C@H](O)C3)C1C2. The van der Waals surface area contributed by atoms with E-state index in [0.717, 1.165) is 18.9 Å². The Morgan fingerprint density at radius 3 is 2.90 bits per heavy atom. The first-order chi connectivity index (χ1) is 9.96. The van der Waals surface area contributed by atoms with Gasteiger partial charge in [-0.1, -0.05) is 19.9 Å². The summed E-state index contributed by atoms with van der Waals surface area (Å²) < 4.78 is 5.75. The summed E-state index contributed by atoms with van der Waals surface area (Å²) in [4.78, 5) is 2.11. The molecule has 3 unspecified atom stereocenters. The maximum atomic E-state index is 10.0. The molecule has 4 atom stereocenters. The van der Waals surface area contributed by atoms with Crippen molar-refractivity contribution >= 4 is 0 Å². The molecular weight excluding hydrogens is 266 g/mol. The van der Waals surface area contributed by atoms with E-state index in [-0.39, 0.29) is 6.10 Å². The van der Waals surface area contributed by atoms with Crippen molar-refractivity contribution in [3.05, 3.63) is 11.6 Å². The molecule has 2 fully saturated rings. The van der Waals surface area contributed by atoms with Gasteiger partial charge >= 0.3 is 0 Å². The number of ether oxygens (including phenoxy) is 1. The molecule has 0 aromatic heterocycles. The maximum Gasteiger partial charge on any atom is 0.0900 e. The predicted octanol–water partition coefficient (Wildman–Crippen LogP) is 1.42. The van der Waals surface area contributed by atoms with Crippen LogP contribution in [0, 0.1) is 17.3 Å². The van der Waals surface area contributed by atoms with E-state index < -0.39 is 6.10 Å². The van der Waals surface area contributed by atoms with Crippen molar-refractivity contribution in [1.29, 1.82) is 0 Å². The van der Waals surface area contributed by atoms with Crippen molar-refractivity contribution in [3.63, 3.8) is 0 Å². The Labute approximate surface area is 127 Å². The van der Waals surface area contributed by atoms with Gasteiger partial charge in [-0.2, -0.15) is 0 Å². The molecule has 1 saturated carbocycles. The molecule has 0 aromatic rings. The molecule has 0 aromatic carbocycles. The molecule has 120 valence electrons. The number of aliphatic hydroxyl groups excluding tert-OH is 2. The van der Waals surface area contributed by atoms with Crippen LogP contribution in [-0.4, -0.2) is 60.2 Å². The van der Waals surface area contributed by atoms with Crippen LogP contribution in [0.1, 0.15) is 33.1 Å². The highest BCUT2D eigenvalue weighted by Crippen LogP contribution is 2.59.